The third kappa shape index (κ3) is 2.49. The van der Waals surface area contributed by atoms with Crippen molar-refractivity contribution in [1.82, 2.24) is 14.8 Å². The van der Waals surface area contributed by atoms with Crippen LogP contribution in [0.15, 0.2) is 5.16 Å². The van der Waals surface area contributed by atoms with Crippen LogP contribution in [0.25, 0.3) is 0 Å². The van der Waals surface area contributed by atoms with Gasteiger partial charge in [-0.2, -0.15) is 0 Å². The first kappa shape index (κ1) is 11.7. The second kappa shape index (κ2) is 5.05. The molecule has 0 amide bonds. The molecule has 0 aliphatic carbocycles. The fourth-order valence-corrected chi connectivity index (χ4v) is 2.96. The van der Waals surface area contributed by atoms with Crippen LogP contribution in [-0.4, -0.2) is 33.2 Å². The summed E-state index contributed by atoms with van der Waals surface area (Å²) in [6.45, 7) is 5.05. The van der Waals surface area contributed by atoms with Gasteiger partial charge in [0.05, 0.1) is 6.10 Å². The fraction of sp³-hybridized carbons (Fsp3) is 0.800. The van der Waals surface area contributed by atoms with Crippen LogP contribution in [0.4, 0.5) is 5.95 Å². The molecule has 0 spiro atoms. The lowest BCUT2D eigenvalue weighted by Crippen LogP contribution is -2.11. The molecule has 16 heavy (non-hydrogen) atoms. The average molecular weight is 242 g/mol. The van der Waals surface area contributed by atoms with E-state index >= 15 is 0 Å². The van der Waals surface area contributed by atoms with E-state index < -0.39 is 0 Å². The molecule has 1 atom stereocenters. The number of ether oxygens (including phenoxy) is 1. The van der Waals surface area contributed by atoms with Crippen LogP contribution in [0.5, 0.6) is 0 Å². The van der Waals surface area contributed by atoms with Crippen LogP contribution in [0.1, 0.15) is 32.7 Å². The van der Waals surface area contributed by atoms with Gasteiger partial charge in [-0.25, -0.2) is 0 Å². The van der Waals surface area contributed by atoms with Crippen molar-refractivity contribution in [3.05, 3.63) is 0 Å². The first-order valence-corrected chi connectivity index (χ1v) is 6.62. The first-order chi connectivity index (χ1) is 7.68. The summed E-state index contributed by atoms with van der Waals surface area (Å²) >= 11 is 1.68. The maximum Gasteiger partial charge on any atom is 0.222 e. The summed E-state index contributed by atoms with van der Waals surface area (Å²) in [5.41, 5.74) is 5.77. The van der Waals surface area contributed by atoms with E-state index in [0.717, 1.165) is 23.9 Å². The van der Waals surface area contributed by atoms with Crippen LogP contribution in [0, 0.1) is 0 Å². The maximum absolute atomic E-state index is 5.77. The van der Waals surface area contributed by atoms with E-state index in [1.54, 1.807) is 11.8 Å². The van der Waals surface area contributed by atoms with Gasteiger partial charge in [-0.05, 0) is 26.7 Å². The van der Waals surface area contributed by atoms with Crippen molar-refractivity contribution in [3.63, 3.8) is 0 Å². The average Bonchev–Trinajstić information content (AvgIpc) is 2.83. The van der Waals surface area contributed by atoms with E-state index in [1.807, 2.05) is 4.57 Å². The minimum atomic E-state index is 0.294. The van der Waals surface area contributed by atoms with Crippen molar-refractivity contribution < 1.29 is 4.74 Å². The molecular weight excluding hydrogens is 224 g/mol. The number of thioether (sulfide) groups is 1. The van der Waals surface area contributed by atoms with E-state index in [0.29, 0.717) is 18.1 Å². The van der Waals surface area contributed by atoms with Crippen LogP contribution < -0.4 is 5.73 Å². The fourth-order valence-electron chi connectivity index (χ4n) is 1.82. The van der Waals surface area contributed by atoms with E-state index in [1.165, 1.54) is 6.42 Å². The van der Waals surface area contributed by atoms with Crippen LogP contribution >= 0.6 is 11.8 Å². The Labute approximate surface area is 99.7 Å². The number of anilines is 1. The summed E-state index contributed by atoms with van der Waals surface area (Å²) in [5.74, 6) is 1.43. The molecular formula is C10H18N4OS. The van der Waals surface area contributed by atoms with Gasteiger partial charge in [-0.15, -0.1) is 10.2 Å². The molecule has 1 unspecified atom stereocenters. The van der Waals surface area contributed by atoms with Crippen LogP contribution in [0.3, 0.4) is 0 Å². The van der Waals surface area contributed by atoms with Crippen molar-refractivity contribution in [2.24, 2.45) is 0 Å². The van der Waals surface area contributed by atoms with Crippen molar-refractivity contribution in [2.45, 2.75) is 44.0 Å². The predicted octanol–water partition coefficient (Wildman–Crippen LogP) is 1.71. The highest BCUT2D eigenvalue weighted by Crippen LogP contribution is 2.25. The van der Waals surface area contributed by atoms with E-state index in [-0.39, 0.29) is 0 Å². The lowest BCUT2D eigenvalue weighted by Gasteiger charge is -2.12. The molecule has 1 saturated heterocycles. The third-order valence-corrected chi connectivity index (χ3v) is 3.70. The smallest absolute Gasteiger partial charge is 0.222 e. The van der Waals surface area contributed by atoms with Crippen molar-refractivity contribution in [2.75, 3.05) is 18.1 Å². The Kier molecular flexibility index (Phi) is 3.70. The highest BCUT2D eigenvalue weighted by molar-refractivity contribution is 7.99. The second-order valence-electron chi connectivity index (χ2n) is 4.25. The molecule has 0 aromatic carbocycles. The zero-order valence-corrected chi connectivity index (χ0v) is 10.5. The number of aromatic nitrogens is 3. The van der Waals surface area contributed by atoms with E-state index in [4.69, 9.17) is 10.5 Å². The summed E-state index contributed by atoms with van der Waals surface area (Å²) in [6.07, 6.45) is 2.69. The van der Waals surface area contributed by atoms with Crippen molar-refractivity contribution in [1.29, 1.82) is 0 Å². The molecule has 0 radical (unpaired) electrons. The molecule has 5 nitrogen and oxygen atoms in total. The summed E-state index contributed by atoms with van der Waals surface area (Å²) in [5, 5.41) is 8.90. The Balaban J connectivity index is 1.97. The summed E-state index contributed by atoms with van der Waals surface area (Å²) < 4.78 is 7.53. The van der Waals surface area contributed by atoms with Gasteiger partial charge in [-0.1, -0.05) is 11.8 Å². The molecule has 1 aromatic heterocycles. The molecule has 1 aromatic rings. The van der Waals surface area contributed by atoms with Crippen LogP contribution in [0.2, 0.25) is 0 Å². The second-order valence-corrected chi connectivity index (χ2v) is 5.24. The first-order valence-electron chi connectivity index (χ1n) is 5.63. The van der Waals surface area contributed by atoms with Crippen molar-refractivity contribution >= 4 is 17.7 Å². The topological polar surface area (TPSA) is 66.0 Å². The molecule has 6 heteroatoms. The number of nitrogens with zero attached hydrogens (tertiary/aromatic N) is 3. The SMILES string of the molecule is CC(C)n1c(N)nnc1SCC1CCCO1. The number of rotatable bonds is 4. The Morgan fingerprint density at radius 2 is 2.38 bits per heavy atom. The lowest BCUT2D eigenvalue weighted by molar-refractivity contribution is 0.129. The van der Waals surface area contributed by atoms with Crippen molar-refractivity contribution in [3.8, 4) is 0 Å². The monoisotopic (exact) mass is 242 g/mol. The minimum Gasteiger partial charge on any atom is -0.377 e. The number of nitrogens with two attached hydrogens (primary N) is 1. The summed E-state index contributed by atoms with van der Waals surface area (Å²) in [4.78, 5) is 0. The molecule has 2 heterocycles. The zero-order chi connectivity index (χ0) is 11.5. The van der Waals surface area contributed by atoms with Crippen LogP contribution in [-0.2, 0) is 4.74 Å². The molecule has 90 valence electrons. The van der Waals surface area contributed by atoms with E-state index in [9.17, 15) is 0 Å². The largest absolute Gasteiger partial charge is 0.377 e. The van der Waals surface area contributed by atoms with Gasteiger partial charge in [0.1, 0.15) is 0 Å². The molecule has 1 aliphatic heterocycles. The Morgan fingerprint density at radius 3 is 3.00 bits per heavy atom. The molecule has 0 bridgehead atoms. The highest BCUT2D eigenvalue weighted by Gasteiger charge is 2.18. The van der Waals surface area contributed by atoms with Gasteiger partial charge >= 0.3 is 0 Å². The van der Waals surface area contributed by atoms with Gasteiger partial charge in [0.25, 0.3) is 0 Å². The van der Waals surface area contributed by atoms with Gasteiger partial charge in [-0.3, -0.25) is 4.57 Å². The Bertz CT molecular complexity index is 347. The lowest BCUT2D eigenvalue weighted by atomic mass is 10.3. The predicted molar refractivity (Wildman–Crippen MR) is 64.5 cm³/mol. The van der Waals surface area contributed by atoms with Gasteiger partial charge in [0, 0.05) is 18.4 Å². The van der Waals surface area contributed by atoms with Gasteiger partial charge in [0.15, 0.2) is 5.16 Å². The Hall–Kier alpha value is -0.750. The molecule has 2 N–H and O–H groups in total. The molecule has 0 saturated carbocycles. The maximum atomic E-state index is 5.77. The summed E-state index contributed by atoms with van der Waals surface area (Å²) in [7, 11) is 0. The number of nitrogen functional groups attached to an aromatic ring is 1. The highest BCUT2D eigenvalue weighted by atomic mass is 32.2. The molecule has 1 fully saturated rings. The number of hydrogen-bond donors (Lipinski definition) is 1. The third-order valence-electron chi connectivity index (χ3n) is 2.63. The zero-order valence-electron chi connectivity index (χ0n) is 9.72. The summed E-state index contributed by atoms with van der Waals surface area (Å²) in [6, 6.07) is 0.294. The quantitative estimate of drug-likeness (QED) is 0.814. The molecule has 2 rings (SSSR count). The Morgan fingerprint density at radius 1 is 1.56 bits per heavy atom. The normalized spacial score (nSPS) is 20.8. The van der Waals surface area contributed by atoms with E-state index in [2.05, 4.69) is 24.0 Å². The van der Waals surface area contributed by atoms with Gasteiger partial charge in [0.2, 0.25) is 5.95 Å². The van der Waals surface area contributed by atoms with Gasteiger partial charge < -0.3 is 10.5 Å². The standard InChI is InChI=1S/C10H18N4OS/c1-7(2)14-9(11)12-13-10(14)16-6-8-4-3-5-15-8/h7-8H,3-6H2,1-2H3,(H2,11,12). The number of hydrogen-bond acceptors (Lipinski definition) is 5. The minimum absolute atomic E-state index is 0.294. The molecule has 1 aliphatic rings.